The van der Waals surface area contributed by atoms with Gasteiger partial charge in [0.15, 0.2) is 17.4 Å². The molecule has 17 heavy (non-hydrogen) atoms. The summed E-state index contributed by atoms with van der Waals surface area (Å²) in [5.41, 5.74) is -1.26. The Labute approximate surface area is 105 Å². The molecule has 92 valence electrons. The molecule has 1 N–H and O–H groups in total. The maximum Gasteiger partial charge on any atom is 0.314 e. The number of carboxylic acids is 1. The quantitative estimate of drug-likeness (QED) is 0.874. The first-order chi connectivity index (χ1) is 7.94. The first-order valence-electron chi connectivity index (χ1n) is 4.89. The smallest absolute Gasteiger partial charge is 0.314 e. The molecule has 0 radical (unpaired) electrons. The van der Waals surface area contributed by atoms with E-state index < -0.39 is 28.8 Å². The summed E-state index contributed by atoms with van der Waals surface area (Å²) in [5.74, 6) is -3.46. The Balaban J connectivity index is 2.64. The van der Waals surface area contributed by atoms with Gasteiger partial charge in [-0.3, -0.25) is 4.79 Å². The van der Waals surface area contributed by atoms with Crippen LogP contribution < -0.4 is 4.74 Å². The Bertz CT molecular complexity index is 498. The average molecular weight is 307 g/mol. The van der Waals surface area contributed by atoms with Gasteiger partial charge in [-0.2, -0.15) is 0 Å². The van der Waals surface area contributed by atoms with Gasteiger partial charge < -0.3 is 9.84 Å². The van der Waals surface area contributed by atoms with Crippen molar-refractivity contribution in [1.29, 1.82) is 0 Å². The zero-order valence-corrected chi connectivity index (χ0v) is 10.5. The van der Waals surface area contributed by atoms with Crippen LogP contribution in [0.15, 0.2) is 10.5 Å². The van der Waals surface area contributed by atoms with Crippen LogP contribution in [0.3, 0.4) is 0 Å². The fourth-order valence-electron chi connectivity index (χ4n) is 1.83. The minimum Gasteiger partial charge on any atom is -0.491 e. The van der Waals surface area contributed by atoms with Gasteiger partial charge in [-0.25, -0.2) is 8.78 Å². The fraction of sp³-hybridized carbons (Fsp3) is 0.364. The van der Waals surface area contributed by atoms with E-state index in [0.29, 0.717) is 12.8 Å². The summed E-state index contributed by atoms with van der Waals surface area (Å²) in [7, 11) is 1.14. The van der Waals surface area contributed by atoms with Gasteiger partial charge in [0.05, 0.1) is 17.0 Å². The number of carboxylic acid groups (broad SMARTS) is 1. The van der Waals surface area contributed by atoms with Gasteiger partial charge in [0.1, 0.15) is 0 Å². The third-order valence-electron chi connectivity index (χ3n) is 2.99. The molecule has 3 nitrogen and oxygen atoms in total. The molecule has 0 heterocycles. The molecule has 0 aromatic heterocycles. The number of benzene rings is 1. The summed E-state index contributed by atoms with van der Waals surface area (Å²) in [6.45, 7) is 0. The SMILES string of the molecule is COc1c(F)c(Br)cc(C2(C(=O)O)CC2)c1F. The maximum absolute atomic E-state index is 14.0. The fourth-order valence-corrected chi connectivity index (χ4v) is 2.24. The zero-order valence-electron chi connectivity index (χ0n) is 8.89. The number of ether oxygens (including phenoxy) is 1. The number of rotatable bonds is 3. The summed E-state index contributed by atoms with van der Waals surface area (Å²) < 4.78 is 32.1. The van der Waals surface area contributed by atoms with E-state index in [0.717, 1.165) is 7.11 Å². The summed E-state index contributed by atoms with van der Waals surface area (Å²) >= 11 is 2.93. The number of hydrogen-bond acceptors (Lipinski definition) is 2. The highest BCUT2D eigenvalue weighted by molar-refractivity contribution is 9.10. The van der Waals surface area contributed by atoms with Crippen molar-refractivity contribution >= 4 is 21.9 Å². The molecule has 1 aromatic carbocycles. The molecular weight excluding hydrogens is 298 g/mol. The molecule has 1 saturated carbocycles. The van der Waals surface area contributed by atoms with E-state index in [4.69, 9.17) is 5.11 Å². The van der Waals surface area contributed by atoms with E-state index in [1.807, 2.05) is 0 Å². The lowest BCUT2D eigenvalue weighted by Gasteiger charge is -2.15. The number of hydrogen-bond donors (Lipinski definition) is 1. The number of carbonyl (C=O) groups is 1. The summed E-state index contributed by atoms with van der Waals surface area (Å²) in [6, 6.07) is 1.17. The van der Waals surface area contributed by atoms with Crippen LogP contribution in [0, 0.1) is 11.6 Å². The number of methoxy groups -OCH3 is 1. The molecule has 1 aliphatic rings. The molecule has 0 spiro atoms. The van der Waals surface area contributed by atoms with Gasteiger partial charge in [0.25, 0.3) is 0 Å². The molecule has 0 aliphatic heterocycles. The molecule has 1 aliphatic carbocycles. The van der Waals surface area contributed by atoms with Crippen LogP contribution in [0.5, 0.6) is 5.75 Å². The van der Waals surface area contributed by atoms with Gasteiger partial charge in [0.2, 0.25) is 0 Å². The van der Waals surface area contributed by atoms with Gasteiger partial charge in [-0.1, -0.05) is 0 Å². The first-order valence-corrected chi connectivity index (χ1v) is 5.68. The summed E-state index contributed by atoms with van der Waals surface area (Å²) in [6.07, 6.45) is 0.695. The Morgan fingerprint density at radius 1 is 1.47 bits per heavy atom. The molecule has 2 rings (SSSR count). The van der Waals surface area contributed by atoms with Crippen LogP contribution in [0.25, 0.3) is 0 Å². The molecule has 0 unspecified atom stereocenters. The van der Waals surface area contributed by atoms with Crippen molar-refractivity contribution in [3.05, 3.63) is 27.7 Å². The molecule has 0 atom stereocenters. The van der Waals surface area contributed by atoms with Crippen molar-refractivity contribution in [2.75, 3.05) is 7.11 Å². The van der Waals surface area contributed by atoms with Crippen LogP contribution >= 0.6 is 15.9 Å². The third-order valence-corrected chi connectivity index (χ3v) is 3.57. The van der Waals surface area contributed by atoms with Crippen LogP contribution in [0.2, 0.25) is 0 Å². The predicted molar refractivity (Wildman–Crippen MR) is 59.2 cm³/mol. The predicted octanol–water partition coefficient (Wildman–Crippen LogP) is 2.85. The van der Waals surface area contributed by atoms with Gasteiger partial charge >= 0.3 is 5.97 Å². The lowest BCUT2D eigenvalue weighted by Crippen LogP contribution is -2.21. The highest BCUT2D eigenvalue weighted by atomic mass is 79.9. The van der Waals surface area contributed by atoms with Crippen molar-refractivity contribution in [3.8, 4) is 5.75 Å². The molecule has 1 fully saturated rings. The topological polar surface area (TPSA) is 46.5 Å². The highest BCUT2D eigenvalue weighted by Gasteiger charge is 2.54. The molecule has 0 bridgehead atoms. The van der Waals surface area contributed by atoms with E-state index in [2.05, 4.69) is 20.7 Å². The van der Waals surface area contributed by atoms with Crippen molar-refractivity contribution in [3.63, 3.8) is 0 Å². The van der Waals surface area contributed by atoms with Gasteiger partial charge in [-0.15, -0.1) is 0 Å². The Morgan fingerprint density at radius 3 is 2.47 bits per heavy atom. The largest absolute Gasteiger partial charge is 0.491 e. The normalized spacial score (nSPS) is 16.7. The van der Waals surface area contributed by atoms with Crippen molar-refractivity contribution in [1.82, 2.24) is 0 Å². The molecule has 0 amide bonds. The van der Waals surface area contributed by atoms with E-state index >= 15 is 0 Å². The maximum atomic E-state index is 14.0. The van der Waals surface area contributed by atoms with Crippen LogP contribution in [-0.4, -0.2) is 18.2 Å². The molecular formula is C11H9BrF2O3. The van der Waals surface area contributed by atoms with E-state index in [1.54, 1.807) is 0 Å². The molecule has 1 aromatic rings. The second-order valence-electron chi connectivity index (χ2n) is 3.95. The Hall–Kier alpha value is -1.17. The highest BCUT2D eigenvalue weighted by Crippen LogP contribution is 2.51. The van der Waals surface area contributed by atoms with Crippen molar-refractivity contribution in [2.45, 2.75) is 18.3 Å². The second-order valence-corrected chi connectivity index (χ2v) is 4.81. The lowest BCUT2D eigenvalue weighted by molar-refractivity contribution is -0.140. The third kappa shape index (κ3) is 1.71. The number of halogens is 3. The Kier molecular flexibility index (Phi) is 2.85. The molecule has 6 heteroatoms. The monoisotopic (exact) mass is 306 g/mol. The van der Waals surface area contributed by atoms with Crippen LogP contribution in [-0.2, 0) is 10.2 Å². The van der Waals surface area contributed by atoms with Crippen LogP contribution in [0.4, 0.5) is 8.78 Å². The first kappa shape index (κ1) is 12.3. The molecule has 0 saturated heterocycles. The Morgan fingerprint density at radius 2 is 2.06 bits per heavy atom. The van der Waals surface area contributed by atoms with Crippen LogP contribution in [0.1, 0.15) is 18.4 Å². The minimum atomic E-state index is -1.23. The zero-order chi connectivity index (χ0) is 12.8. The van der Waals surface area contributed by atoms with Gasteiger partial charge in [0, 0.05) is 5.56 Å². The summed E-state index contributed by atoms with van der Waals surface area (Å²) in [5, 5.41) is 9.09. The van der Waals surface area contributed by atoms with E-state index in [-0.39, 0.29) is 10.0 Å². The standard InChI is InChI=1S/C11H9BrF2O3/c1-17-9-7(13)5(4-6(12)8(9)14)11(2-3-11)10(15)16/h4H,2-3H2,1H3,(H,15,16). The van der Waals surface area contributed by atoms with Crippen molar-refractivity contribution in [2.24, 2.45) is 0 Å². The van der Waals surface area contributed by atoms with Gasteiger partial charge in [-0.05, 0) is 34.8 Å². The second kappa shape index (κ2) is 3.94. The van der Waals surface area contributed by atoms with Crippen molar-refractivity contribution < 1.29 is 23.4 Å². The minimum absolute atomic E-state index is 0.00160. The van der Waals surface area contributed by atoms with E-state index in [9.17, 15) is 13.6 Å². The average Bonchev–Trinajstić information content (AvgIpc) is 3.05. The van der Waals surface area contributed by atoms with E-state index in [1.165, 1.54) is 6.07 Å². The number of aliphatic carboxylic acids is 1. The summed E-state index contributed by atoms with van der Waals surface area (Å²) in [4.78, 5) is 11.1. The lowest BCUT2D eigenvalue weighted by atomic mass is 9.95.